The van der Waals surface area contributed by atoms with Gasteiger partial charge in [-0.2, -0.15) is 0 Å². The molecule has 0 atom stereocenters. The summed E-state index contributed by atoms with van der Waals surface area (Å²) < 4.78 is 0. The second kappa shape index (κ2) is 6.87. The van der Waals surface area contributed by atoms with Gasteiger partial charge in [0, 0.05) is 25.0 Å². The predicted molar refractivity (Wildman–Crippen MR) is 88.1 cm³/mol. The van der Waals surface area contributed by atoms with E-state index in [0.717, 1.165) is 16.4 Å². The first-order chi connectivity index (χ1) is 10.7. The smallest absolute Gasteiger partial charge is 0.263 e. The van der Waals surface area contributed by atoms with Crippen LogP contribution in [0.2, 0.25) is 0 Å². The second-order valence-electron chi connectivity index (χ2n) is 5.60. The Balaban J connectivity index is 1.61. The molecule has 0 radical (unpaired) electrons. The molecule has 1 aliphatic rings. The molecule has 1 amide bonds. The Morgan fingerprint density at radius 1 is 1.32 bits per heavy atom. The molecule has 2 aromatic rings. The van der Waals surface area contributed by atoms with Gasteiger partial charge in [0.2, 0.25) is 0 Å². The van der Waals surface area contributed by atoms with E-state index in [1.807, 2.05) is 19.1 Å². The van der Waals surface area contributed by atoms with E-state index in [1.54, 1.807) is 12.4 Å². The van der Waals surface area contributed by atoms with Crippen molar-refractivity contribution in [3.05, 3.63) is 40.7 Å². The fourth-order valence-corrected chi connectivity index (χ4v) is 3.64. The number of pyridine rings is 1. The molecule has 0 aromatic carbocycles. The Morgan fingerprint density at radius 3 is 2.77 bits per heavy atom. The summed E-state index contributed by atoms with van der Waals surface area (Å²) in [6.45, 7) is 2.39. The average Bonchev–Trinajstić information content (AvgIpc) is 3.16. The highest BCUT2D eigenvalue weighted by atomic mass is 32.1. The van der Waals surface area contributed by atoms with Crippen molar-refractivity contribution in [3.8, 4) is 0 Å². The highest BCUT2D eigenvalue weighted by molar-refractivity contribution is 7.17. The Labute approximate surface area is 134 Å². The number of thiazole rings is 1. The van der Waals surface area contributed by atoms with Crippen molar-refractivity contribution in [2.45, 2.75) is 45.2 Å². The molecule has 0 unspecified atom stereocenters. The number of nitrogens with one attached hydrogen (secondary N) is 2. The molecular formula is C16H20N4OS. The molecule has 22 heavy (non-hydrogen) atoms. The van der Waals surface area contributed by atoms with Crippen molar-refractivity contribution in [1.29, 1.82) is 0 Å². The van der Waals surface area contributed by atoms with Crippen LogP contribution in [0.5, 0.6) is 0 Å². The zero-order valence-electron chi connectivity index (χ0n) is 12.6. The largest absolute Gasteiger partial charge is 0.359 e. The number of carbonyl (C=O) groups excluding carboxylic acids is 1. The lowest BCUT2D eigenvalue weighted by molar-refractivity contribution is 0.0954. The van der Waals surface area contributed by atoms with Crippen LogP contribution in [0.4, 0.5) is 5.13 Å². The predicted octanol–water partition coefficient (Wildman–Crippen LogP) is 3.13. The summed E-state index contributed by atoms with van der Waals surface area (Å²) in [6.07, 6.45) is 8.40. The van der Waals surface area contributed by atoms with Crippen LogP contribution in [-0.4, -0.2) is 21.9 Å². The number of hydrogen-bond acceptors (Lipinski definition) is 5. The van der Waals surface area contributed by atoms with Crippen LogP contribution in [0, 0.1) is 6.92 Å². The normalized spacial score (nSPS) is 15.0. The maximum Gasteiger partial charge on any atom is 0.263 e. The molecule has 2 aromatic heterocycles. The van der Waals surface area contributed by atoms with Gasteiger partial charge in [-0.15, -0.1) is 0 Å². The number of nitrogens with zero attached hydrogens (tertiary/aromatic N) is 2. The van der Waals surface area contributed by atoms with Gasteiger partial charge < -0.3 is 10.6 Å². The number of aryl methyl sites for hydroxylation is 1. The van der Waals surface area contributed by atoms with Gasteiger partial charge in [0.05, 0.1) is 5.69 Å². The Kier molecular flexibility index (Phi) is 4.68. The lowest BCUT2D eigenvalue weighted by atomic mass is 10.2. The summed E-state index contributed by atoms with van der Waals surface area (Å²) in [6, 6.07) is 4.30. The number of carbonyl (C=O) groups is 1. The fraction of sp³-hybridized carbons (Fsp3) is 0.438. The molecular weight excluding hydrogens is 296 g/mol. The minimum atomic E-state index is -0.0636. The van der Waals surface area contributed by atoms with E-state index in [4.69, 9.17) is 0 Å². The van der Waals surface area contributed by atoms with Crippen LogP contribution in [0.1, 0.15) is 46.6 Å². The molecule has 3 rings (SSSR count). The average molecular weight is 316 g/mol. The lowest BCUT2D eigenvalue weighted by Gasteiger charge is -2.09. The topological polar surface area (TPSA) is 66.9 Å². The van der Waals surface area contributed by atoms with Crippen molar-refractivity contribution in [2.75, 3.05) is 5.32 Å². The molecule has 2 heterocycles. The van der Waals surface area contributed by atoms with Gasteiger partial charge in [0.1, 0.15) is 4.88 Å². The molecule has 0 bridgehead atoms. The number of rotatable bonds is 5. The number of anilines is 1. The van der Waals surface area contributed by atoms with Crippen molar-refractivity contribution in [1.82, 2.24) is 15.3 Å². The monoisotopic (exact) mass is 316 g/mol. The third-order valence-corrected chi connectivity index (χ3v) is 4.98. The first-order valence-electron chi connectivity index (χ1n) is 7.63. The summed E-state index contributed by atoms with van der Waals surface area (Å²) in [4.78, 5) is 21.4. The molecule has 116 valence electrons. The highest BCUT2D eigenvalue weighted by Gasteiger charge is 2.19. The summed E-state index contributed by atoms with van der Waals surface area (Å²) in [5.74, 6) is -0.0636. The van der Waals surface area contributed by atoms with Crippen molar-refractivity contribution in [3.63, 3.8) is 0 Å². The van der Waals surface area contributed by atoms with Crippen molar-refractivity contribution < 1.29 is 4.79 Å². The minimum Gasteiger partial charge on any atom is -0.359 e. The molecule has 0 aliphatic heterocycles. The standard InChI is InChI=1S/C16H20N4OS/c1-11-14(15(21)18-10-12-6-8-17-9-7-12)22-16(19-11)20-13-4-2-3-5-13/h6-9,13H,2-5,10H2,1H3,(H,18,21)(H,19,20). The summed E-state index contributed by atoms with van der Waals surface area (Å²) in [5.41, 5.74) is 1.83. The van der Waals surface area contributed by atoms with Crippen LogP contribution in [0.15, 0.2) is 24.5 Å². The Morgan fingerprint density at radius 2 is 2.05 bits per heavy atom. The van der Waals surface area contributed by atoms with Gasteiger partial charge in [0.15, 0.2) is 5.13 Å². The van der Waals surface area contributed by atoms with E-state index in [0.29, 0.717) is 17.5 Å². The quantitative estimate of drug-likeness (QED) is 0.889. The Bertz CT molecular complexity index is 635. The van der Waals surface area contributed by atoms with Crippen molar-refractivity contribution in [2.24, 2.45) is 0 Å². The van der Waals surface area contributed by atoms with E-state index in [2.05, 4.69) is 20.6 Å². The third kappa shape index (κ3) is 3.62. The highest BCUT2D eigenvalue weighted by Crippen LogP contribution is 2.27. The minimum absolute atomic E-state index is 0.0636. The molecule has 5 nitrogen and oxygen atoms in total. The van der Waals surface area contributed by atoms with Crippen LogP contribution in [-0.2, 0) is 6.54 Å². The van der Waals surface area contributed by atoms with Gasteiger partial charge in [-0.25, -0.2) is 4.98 Å². The number of hydrogen-bond donors (Lipinski definition) is 2. The summed E-state index contributed by atoms with van der Waals surface area (Å²) >= 11 is 1.44. The number of amides is 1. The maximum atomic E-state index is 12.3. The second-order valence-corrected chi connectivity index (χ2v) is 6.60. The van der Waals surface area contributed by atoms with E-state index in [-0.39, 0.29) is 5.91 Å². The van der Waals surface area contributed by atoms with Gasteiger partial charge >= 0.3 is 0 Å². The van der Waals surface area contributed by atoms with Gasteiger partial charge in [-0.3, -0.25) is 9.78 Å². The van der Waals surface area contributed by atoms with Crippen LogP contribution < -0.4 is 10.6 Å². The maximum absolute atomic E-state index is 12.3. The molecule has 1 aliphatic carbocycles. The SMILES string of the molecule is Cc1nc(NC2CCCC2)sc1C(=O)NCc1ccncc1. The molecule has 2 N–H and O–H groups in total. The fourth-order valence-electron chi connectivity index (χ4n) is 2.68. The molecule has 0 saturated heterocycles. The van der Waals surface area contributed by atoms with E-state index in [1.165, 1.54) is 37.0 Å². The van der Waals surface area contributed by atoms with Gasteiger partial charge in [-0.1, -0.05) is 24.2 Å². The van der Waals surface area contributed by atoms with Crippen LogP contribution >= 0.6 is 11.3 Å². The zero-order chi connectivity index (χ0) is 15.4. The summed E-state index contributed by atoms with van der Waals surface area (Å²) in [7, 11) is 0. The summed E-state index contributed by atoms with van der Waals surface area (Å²) in [5, 5.41) is 7.25. The molecule has 6 heteroatoms. The first-order valence-corrected chi connectivity index (χ1v) is 8.45. The van der Waals surface area contributed by atoms with Crippen LogP contribution in [0.25, 0.3) is 0 Å². The molecule has 0 spiro atoms. The zero-order valence-corrected chi connectivity index (χ0v) is 13.4. The van der Waals surface area contributed by atoms with E-state index in [9.17, 15) is 4.79 Å². The number of aromatic nitrogens is 2. The van der Waals surface area contributed by atoms with E-state index >= 15 is 0 Å². The van der Waals surface area contributed by atoms with E-state index < -0.39 is 0 Å². The van der Waals surface area contributed by atoms with Crippen LogP contribution in [0.3, 0.4) is 0 Å². The molecule has 1 fully saturated rings. The van der Waals surface area contributed by atoms with Crippen molar-refractivity contribution >= 4 is 22.4 Å². The van der Waals surface area contributed by atoms with Gasteiger partial charge in [0.25, 0.3) is 5.91 Å². The first kappa shape index (κ1) is 15.0. The lowest BCUT2D eigenvalue weighted by Crippen LogP contribution is -2.22. The Hall–Kier alpha value is -1.95. The van der Waals surface area contributed by atoms with Gasteiger partial charge in [-0.05, 0) is 37.5 Å². The molecule has 1 saturated carbocycles. The third-order valence-electron chi connectivity index (χ3n) is 3.89.